The minimum absolute atomic E-state index is 0.107. The highest BCUT2D eigenvalue weighted by molar-refractivity contribution is 7.89. The third-order valence-corrected chi connectivity index (χ3v) is 6.57. The lowest BCUT2D eigenvalue weighted by molar-refractivity contribution is 0.565. The van der Waals surface area contributed by atoms with E-state index in [1.54, 1.807) is 6.92 Å². The molecule has 1 atom stereocenters. The maximum atomic E-state index is 13.2. The van der Waals surface area contributed by atoms with Crippen molar-refractivity contribution < 1.29 is 12.8 Å². The number of hydrogen-bond donors (Lipinski definition) is 1. The molecule has 0 unspecified atom stereocenters. The fourth-order valence-corrected chi connectivity index (χ4v) is 4.86. The molecule has 0 bridgehead atoms. The van der Waals surface area contributed by atoms with Gasteiger partial charge in [0.25, 0.3) is 0 Å². The smallest absolute Gasteiger partial charge is 0.241 e. The standard InChI is InChI=1S/C20H25FN2O2S/c1-15-14-18(21)8-11-20(15)26(24,25)22-16(2)17-6-9-19(10-7-17)23-12-4-3-5-13-23/h6-11,14,16,22H,3-5,12-13H2,1-2H3/t16-/m1/s1. The third kappa shape index (κ3) is 4.24. The molecule has 1 heterocycles. The molecule has 3 rings (SSSR count). The van der Waals surface area contributed by atoms with Gasteiger partial charge in [0, 0.05) is 24.8 Å². The van der Waals surface area contributed by atoms with E-state index in [1.807, 2.05) is 19.1 Å². The van der Waals surface area contributed by atoms with Crippen LogP contribution in [0.2, 0.25) is 0 Å². The average Bonchev–Trinajstić information content (AvgIpc) is 2.62. The Morgan fingerprint density at radius 1 is 1.04 bits per heavy atom. The average molecular weight is 376 g/mol. The second kappa shape index (κ2) is 7.76. The Hall–Kier alpha value is -1.92. The Balaban J connectivity index is 1.73. The Kier molecular flexibility index (Phi) is 5.63. The Morgan fingerprint density at radius 2 is 1.69 bits per heavy atom. The van der Waals surface area contributed by atoms with Crippen LogP contribution in [0.3, 0.4) is 0 Å². The first-order valence-corrected chi connectivity index (χ1v) is 10.5. The molecule has 2 aromatic carbocycles. The minimum atomic E-state index is -3.71. The summed E-state index contributed by atoms with van der Waals surface area (Å²) in [6, 6.07) is 11.4. The molecule has 26 heavy (non-hydrogen) atoms. The van der Waals surface area contributed by atoms with E-state index in [9.17, 15) is 12.8 Å². The van der Waals surface area contributed by atoms with Crippen molar-refractivity contribution in [1.29, 1.82) is 0 Å². The highest BCUT2D eigenvalue weighted by atomic mass is 32.2. The maximum absolute atomic E-state index is 13.2. The molecule has 0 aliphatic carbocycles. The van der Waals surface area contributed by atoms with Crippen LogP contribution in [0.15, 0.2) is 47.4 Å². The Morgan fingerprint density at radius 3 is 2.31 bits per heavy atom. The summed E-state index contributed by atoms with van der Waals surface area (Å²) in [4.78, 5) is 2.47. The summed E-state index contributed by atoms with van der Waals surface area (Å²) < 4.78 is 41.2. The second-order valence-corrected chi connectivity index (χ2v) is 8.57. The number of nitrogens with one attached hydrogen (secondary N) is 1. The summed E-state index contributed by atoms with van der Waals surface area (Å²) in [6.45, 7) is 5.55. The Bertz CT molecular complexity index is 860. The third-order valence-electron chi connectivity index (χ3n) is 4.87. The first-order chi connectivity index (χ1) is 12.4. The monoisotopic (exact) mass is 376 g/mol. The van der Waals surface area contributed by atoms with Gasteiger partial charge in [0.15, 0.2) is 0 Å². The van der Waals surface area contributed by atoms with Crippen molar-refractivity contribution in [2.24, 2.45) is 0 Å². The zero-order chi connectivity index (χ0) is 18.7. The van der Waals surface area contributed by atoms with Crippen LogP contribution >= 0.6 is 0 Å². The van der Waals surface area contributed by atoms with Crippen LogP contribution in [-0.4, -0.2) is 21.5 Å². The normalized spacial score (nSPS) is 16.5. The van der Waals surface area contributed by atoms with Gasteiger partial charge in [0.2, 0.25) is 10.0 Å². The van der Waals surface area contributed by atoms with Crippen molar-refractivity contribution in [3.63, 3.8) is 0 Å². The molecule has 2 aromatic rings. The summed E-state index contributed by atoms with van der Waals surface area (Å²) in [5.74, 6) is -0.442. The van der Waals surface area contributed by atoms with E-state index in [4.69, 9.17) is 0 Å². The number of sulfonamides is 1. The lowest BCUT2D eigenvalue weighted by Gasteiger charge is -2.29. The number of rotatable bonds is 5. The number of anilines is 1. The molecule has 0 saturated carbocycles. The van der Waals surface area contributed by atoms with Gasteiger partial charge in [-0.15, -0.1) is 0 Å². The number of benzene rings is 2. The van der Waals surface area contributed by atoms with Crippen molar-refractivity contribution >= 4 is 15.7 Å². The first kappa shape index (κ1) is 18.9. The van der Waals surface area contributed by atoms with Crippen LogP contribution in [0.4, 0.5) is 10.1 Å². The molecule has 1 saturated heterocycles. The molecular formula is C20H25FN2O2S. The van der Waals surface area contributed by atoms with Gasteiger partial charge in [0.1, 0.15) is 5.82 Å². The molecule has 140 valence electrons. The van der Waals surface area contributed by atoms with Crippen molar-refractivity contribution in [3.8, 4) is 0 Å². The van der Waals surface area contributed by atoms with Crippen LogP contribution in [0.1, 0.15) is 43.4 Å². The van der Waals surface area contributed by atoms with Gasteiger partial charge in [-0.1, -0.05) is 12.1 Å². The molecule has 1 N–H and O–H groups in total. The quantitative estimate of drug-likeness (QED) is 0.852. The van der Waals surface area contributed by atoms with Gasteiger partial charge in [-0.3, -0.25) is 0 Å². The van der Waals surface area contributed by atoms with E-state index in [0.717, 1.165) is 18.7 Å². The number of nitrogens with zero attached hydrogens (tertiary/aromatic N) is 1. The van der Waals surface area contributed by atoms with E-state index in [2.05, 4.69) is 21.8 Å². The molecule has 0 radical (unpaired) electrons. The molecule has 0 spiro atoms. The molecule has 1 fully saturated rings. The highest BCUT2D eigenvalue weighted by Gasteiger charge is 2.21. The van der Waals surface area contributed by atoms with Gasteiger partial charge in [0.05, 0.1) is 4.90 Å². The fraction of sp³-hybridized carbons (Fsp3) is 0.400. The van der Waals surface area contributed by atoms with Crippen LogP contribution in [0.5, 0.6) is 0 Å². The van der Waals surface area contributed by atoms with Crippen LogP contribution in [0.25, 0.3) is 0 Å². The number of aryl methyl sites for hydroxylation is 1. The maximum Gasteiger partial charge on any atom is 0.241 e. The lowest BCUT2D eigenvalue weighted by Crippen LogP contribution is -2.29. The van der Waals surface area contributed by atoms with Crippen LogP contribution < -0.4 is 9.62 Å². The lowest BCUT2D eigenvalue weighted by atomic mass is 10.1. The van der Waals surface area contributed by atoms with Crippen molar-refractivity contribution in [3.05, 3.63) is 59.4 Å². The zero-order valence-electron chi connectivity index (χ0n) is 15.2. The summed E-state index contributed by atoms with van der Waals surface area (Å²) in [5, 5.41) is 0. The van der Waals surface area contributed by atoms with Gasteiger partial charge in [-0.05, 0) is 74.6 Å². The molecule has 0 aromatic heterocycles. The highest BCUT2D eigenvalue weighted by Crippen LogP contribution is 2.24. The predicted octanol–water partition coefficient (Wildman–Crippen LogP) is 4.16. The zero-order valence-corrected chi connectivity index (χ0v) is 16.0. The van der Waals surface area contributed by atoms with Crippen molar-refractivity contribution in [2.45, 2.75) is 44.0 Å². The van der Waals surface area contributed by atoms with E-state index < -0.39 is 15.8 Å². The second-order valence-electron chi connectivity index (χ2n) is 6.89. The van der Waals surface area contributed by atoms with Crippen molar-refractivity contribution in [1.82, 2.24) is 4.72 Å². The van der Waals surface area contributed by atoms with Crippen LogP contribution in [0, 0.1) is 12.7 Å². The summed E-state index contributed by atoms with van der Waals surface area (Å²) in [6.07, 6.45) is 3.72. The molecule has 1 aliphatic rings. The molecular weight excluding hydrogens is 351 g/mol. The molecule has 4 nitrogen and oxygen atoms in total. The predicted molar refractivity (Wildman–Crippen MR) is 102 cm³/mol. The van der Waals surface area contributed by atoms with Crippen molar-refractivity contribution in [2.75, 3.05) is 18.0 Å². The Labute approximate surface area is 155 Å². The largest absolute Gasteiger partial charge is 0.372 e. The number of piperidine rings is 1. The fourth-order valence-electron chi connectivity index (χ4n) is 3.40. The van der Waals surface area contributed by atoms with E-state index in [0.29, 0.717) is 5.56 Å². The van der Waals surface area contributed by atoms with E-state index in [1.165, 1.54) is 43.1 Å². The van der Waals surface area contributed by atoms with Gasteiger partial charge >= 0.3 is 0 Å². The SMILES string of the molecule is Cc1cc(F)ccc1S(=O)(=O)N[C@H](C)c1ccc(N2CCCCC2)cc1. The van der Waals surface area contributed by atoms with Crippen LogP contribution in [-0.2, 0) is 10.0 Å². The molecule has 1 aliphatic heterocycles. The summed E-state index contributed by atoms with van der Waals surface area (Å²) in [7, 11) is -3.71. The molecule has 6 heteroatoms. The summed E-state index contributed by atoms with van der Waals surface area (Å²) >= 11 is 0. The van der Waals surface area contributed by atoms with Gasteiger partial charge < -0.3 is 4.90 Å². The number of halogens is 1. The summed E-state index contributed by atoms with van der Waals surface area (Å²) in [5.41, 5.74) is 2.47. The number of hydrogen-bond acceptors (Lipinski definition) is 3. The first-order valence-electron chi connectivity index (χ1n) is 9.00. The van der Waals surface area contributed by atoms with Gasteiger partial charge in [-0.2, -0.15) is 0 Å². The van der Waals surface area contributed by atoms with E-state index in [-0.39, 0.29) is 10.9 Å². The molecule has 0 amide bonds. The van der Waals surface area contributed by atoms with E-state index >= 15 is 0 Å². The van der Waals surface area contributed by atoms with Gasteiger partial charge in [-0.25, -0.2) is 17.5 Å². The minimum Gasteiger partial charge on any atom is -0.372 e. The topological polar surface area (TPSA) is 49.4 Å².